The zero-order chi connectivity index (χ0) is 23.6. The van der Waals surface area contributed by atoms with Crippen molar-refractivity contribution in [3.05, 3.63) is 0 Å². The fourth-order valence-electron chi connectivity index (χ4n) is 2.13. The van der Waals surface area contributed by atoms with Gasteiger partial charge in [-0.1, -0.05) is 0 Å². The van der Waals surface area contributed by atoms with Crippen molar-refractivity contribution >= 4 is 29.7 Å². The summed E-state index contributed by atoms with van der Waals surface area (Å²) in [4.78, 5) is 58.4. The minimum Gasteiger partial charge on any atom is -0.481 e. The fraction of sp³-hybridized carbons (Fsp3) is 0.688. The quantitative estimate of drug-likeness (QED) is 0.133. The van der Waals surface area contributed by atoms with E-state index < -0.39 is 85.5 Å². The molecule has 0 aromatic carbocycles. The lowest BCUT2D eigenvalue weighted by atomic mass is 10.1. The summed E-state index contributed by atoms with van der Waals surface area (Å²) in [6.45, 7) is 1.37. The van der Waals surface area contributed by atoms with Crippen LogP contribution in [0.25, 0.3) is 0 Å². The van der Waals surface area contributed by atoms with Gasteiger partial charge in [0.2, 0.25) is 17.7 Å². The zero-order valence-corrected chi connectivity index (χ0v) is 16.4. The number of carbonyl (C=O) groups is 5. The minimum atomic E-state index is -1.71. The SMILES string of the molecule is CC(O)C(N)C(=O)NC(CCC(=O)O)C(=O)NC(CO)C(=O)NC(C(=O)O)C(C)O. The Labute approximate surface area is 171 Å². The van der Waals surface area contributed by atoms with E-state index in [0.717, 1.165) is 6.92 Å². The maximum Gasteiger partial charge on any atom is 0.328 e. The van der Waals surface area contributed by atoms with E-state index in [4.69, 9.17) is 15.9 Å². The fourth-order valence-corrected chi connectivity index (χ4v) is 2.13. The van der Waals surface area contributed by atoms with Gasteiger partial charge in [0.1, 0.15) is 18.1 Å². The van der Waals surface area contributed by atoms with Gasteiger partial charge in [-0.15, -0.1) is 0 Å². The summed E-state index contributed by atoms with van der Waals surface area (Å²) in [5, 5.41) is 52.0. The van der Waals surface area contributed by atoms with Gasteiger partial charge in [-0.3, -0.25) is 19.2 Å². The lowest BCUT2D eigenvalue weighted by Crippen LogP contribution is -2.59. The highest BCUT2D eigenvalue weighted by Crippen LogP contribution is 2.02. The number of carboxylic acids is 2. The van der Waals surface area contributed by atoms with E-state index in [1.165, 1.54) is 6.92 Å². The van der Waals surface area contributed by atoms with Gasteiger partial charge < -0.3 is 47.2 Å². The number of nitrogens with one attached hydrogen (secondary N) is 3. The molecule has 3 amide bonds. The van der Waals surface area contributed by atoms with Crippen LogP contribution in [0.15, 0.2) is 0 Å². The molecule has 0 aliphatic rings. The molecular formula is C16H28N4O10. The Hall–Kier alpha value is -2.81. The van der Waals surface area contributed by atoms with Gasteiger partial charge in [0.15, 0.2) is 6.04 Å². The molecular weight excluding hydrogens is 408 g/mol. The highest BCUT2D eigenvalue weighted by molar-refractivity contribution is 5.94. The second-order valence-corrected chi connectivity index (χ2v) is 6.57. The highest BCUT2D eigenvalue weighted by Gasteiger charge is 2.32. The smallest absolute Gasteiger partial charge is 0.328 e. The summed E-state index contributed by atoms with van der Waals surface area (Å²) in [5.41, 5.74) is 5.46. The summed E-state index contributed by atoms with van der Waals surface area (Å²) in [6.07, 6.45) is -3.69. The maximum absolute atomic E-state index is 12.4. The topological polar surface area (TPSA) is 249 Å². The largest absolute Gasteiger partial charge is 0.481 e. The molecule has 0 aliphatic carbocycles. The number of aliphatic carboxylic acids is 2. The van der Waals surface area contributed by atoms with Gasteiger partial charge in [-0.2, -0.15) is 0 Å². The third kappa shape index (κ3) is 9.13. The molecule has 0 aliphatic heterocycles. The number of aliphatic hydroxyl groups is 3. The number of hydrogen-bond acceptors (Lipinski definition) is 9. The second kappa shape index (κ2) is 12.7. The molecule has 0 rings (SSSR count). The van der Waals surface area contributed by atoms with Gasteiger partial charge >= 0.3 is 11.9 Å². The first kappa shape index (κ1) is 27.2. The third-order valence-electron chi connectivity index (χ3n) is 3.96. The molecule has 0 aromatic rings. The average molecular weight is 436 g/mol. The molecule has 0 spiro atoms. The van der Waals surface area contributed by atoms with Crippen LogP contribution in [0.3, 0.4) is 0 Å². The van der Waals surface area contributed by atoms with Crippen LogP contribution in [-0.2, 0) is 24.0 Å². The first-order valence-electron chi connectivity index (χ1n) is 8.90. The normalized spacial score (nSPS) is 16.9. The van der Waals surface area contributed by atoms with E-state index in [-0.39, 0.29) is 0 Å². The van der Waals surface area contributed by atoms with Crippen LogP contribution in [0.5, 0.6) is 0 Å². The van der Waals surface area contributed by atoms with E-state index in [9.17, 15) is 39.3 Å². The van der Waals surface area contributed by atoms with Crippen molar-refractivity contribution in [3.63, 3.8) is 0 Å². The van der Waals surface area contributed by atoms with Crippen molar-refractivity contribution in [2.75, 3.05) is 6.61 Å². The summed E-state index contributed by atoms with van der Waals surface area (Å²) in [6, 6.07) is -6.26. The predicted molar refractivity (Wildman–Crippen MR) is 98.7 cm³/mol. The summed E-state index contributed by atoms with van der Waals surface area (Å²) >= 11 is 0. The highest BCUT2D eigenvalue weighted by atomic mass is 16.4. The molecule has 172 valence electrons. The summed E-state index contributed by atoms with van der Waals surface area (Å²) < 4.78 is 0. The number of amides is 3. The van der Waals surface area contributed by atoms with Gasteiger partial charge in [0.05, 0.1) is 18.8 Å². The maximum atomic E-state index is 12.4. The molecule has 10 N–H and O–H groups in total. The van der Waals surface area contributed by atoms with Crippen LogP contribution in [-0.4, -0.2) is 98.2 Å². The van der Waals surface area contributed by atoms with Crippen molar-refractivity contribution in [1.29, 1.82) is 0 Å². The predicted octanol–water partition coefficient (Wildman–Crippen LogP) is -4.53. The third-order valence-corrected chi connectivity index (χ3v) is 3.96. The monoisotopic (exact) mass is 436 g/mol. The van der Waals surface area contributed by atoms with E-state index in [2.05, 4.69) is 10.6 Å². The van der Waals surface area contributed by atoms with E-state index in [1.807, 2.05) is 5.32 Å². The molecule has 14 nitrogen and oxygen atoms in total. The molecule has 14 heteroatoms. The van der Waals surface area contributed by atoms with Crippen molar-refractivity contribution in [2.24, 2.45) is 5.73 Å². The number of carbonyl (C=O) groups excluding carboxylic acids is 3. The first-order valence-corrected chi connectivity index (χ1v) is 8.90. The lowest BCUT2D eigenvalue weighted by molar-refractivity contribution is -0.145. The number of carboxylic acid groups (broad SMARTS) is 2. The molecule has 6 unspecified atom stereocenters. The molecule has 0 aromatic heterocycles. The second-order valence-electron chi connectivity index (χ2n) is 6.57. The van der Waals surface area contributed by atoms with Crippen LogP contribution in [0.1, 0.15) is 26.7 Å². The van der Waals surface area contributed by atoms with Crippen LogP contribution in [0, 0.1) is 0 Å². The number of rotatable bonds is 13. The Morgan fingerprint density at radius 2 is 1.33 bits per heavy atom. The Morgan fingerprint density at radius 1 is 0.833 bits per heavy atom. The molecule has 0 fully saturated rings. The Balaban J connectivity index is 5.30. The van der Waals surface area contributed by atoms with Crippen molar-refractivity contribution in [1.82, 2.24) is 16.0 Å². The Bertz CT molecular complexity index is 640. The van der Waals surface area contributed by atoms with Crippen molar-refractivity contribution in [2.45, 2.75) is 63.1 Å². The molecule has 0 bridgehead atoms. The molecule has 6 atom stereocenters. The van der Waals surface area contributed by atoms with Gasteiger partial charge in [0, 0.05) is 6.42 Å². The summed E-state index contributed by atoms with van der Waals surface area (Å²) in [7, 11) is 0. The molecule has 0 saturated carbocycles. The Morgan fingerprint density at radius 3 is 1.73 bits per heavy atom. The van der Waals surface area contributed by atoms with Crippen molar-refractivity contribution in [3.8, 4) is 0 Å². The zero-order valence-electron chi connectivity index (χ0n) is 16.4. The van der Waals surface area contributed by atoms with Gasteiger partial charge in [-0.05, 0) is 20.3 Å². The molecule has 0 radical (unpaired) electrons. The van der Waals surface area contributed by atoms with Crippen LogP contribution in [0.2, 0.25) is 0 Å². The van der Waals surface area contributed by atoms with Crippen molar-refractivity contribution < 1.29 is 49.5 Å². The number of aliphatic hydroxyl groups excluding tert-OH is 3. The van der Waals surface area contributed by atoms with Crippen LogP contribution in [0.4, 0.5) is 0 Å². The average Bonchev–Trinajstić information content (AvgIpc) is 2.65. The standard InChI is InChI=1S/C16H28N4O10/c1-6(22)11(17)15(28)18-8(3-4-10(24)25)13(26)19-9(5-21)14(27)20-12(7(2)23)16(29)30/h6-9,11-12,21-23H,3-5,17H2,1-2H3,(H,18,28)(H,19,26)(H,20,27)(H,24,25)(H,29,30). The molecule has 0 saturated heterocycles. The number of nitrogens with two attached hydrogens (primary N) is 1. The Kier molecular flexibility index (Phi) is 11.5. The van der Waals surface area contributed by atoms with Crippen LogP contribution >= 0.6 is 0 Å². The molecule has 0 heterocycles. The van der Waals surface area contributed by atoms with Gasteiger partial charge in [0.25, 0.3) is 0 Å². The van der Waals surface area contributed by atoms with E-state index >= 15 is 0 Å². The van der Waals surface area contributed by atoms with Crippen LogP contribution < -0.4 is 21.7 Å². The van der Waals surface area contributed by atoms with E-state index in [0.29, 0.717) is 0 Å². The number of hydrogen-bond donors (Lipinski definition) is 9. The van der Waals surface area contributed by atoms with Gasteiger partial charge in [-0.25, -0.2) is 4.79 Å². The van der Waals surface area contributed by atoms with E-state index in [1.54, 1.807) is 0 Å². The first-order chi connectivity index (χ1) is 13.8. The lowest BCUT2D eigenvalue weighted by Gasteiger charge is -2.25. The molecule has 30 heavy (non-hydrogen) atoms. The minimum absolute atomic E-state index is 0.398. The summed E-state index contributed by atoms with van der Waals surface area (Å²) in [5.74, 6) is -5.98.